The number of carboxylic acid groups (broad SMARTS) is 1. The molecule has 5 nitrogen and oxygen atoms in total. The van der Waals surface area contributed by atoms with E-state index in [0.29, 0.717) is 5.92 Å². The lowest BCUT2D eigenvalue weighted by Crippen LogP contribution is -2.51. The molecule has 102 valence electrons. The molecule has 1 amide bonds. The fraction of sp³-hybridized carbons (Fsp3) is 0.846. The maximum atomic E-state index is 12.5. The quantitative estimate of drug-likeness (QED) is 0.780. The minimum atomic E-state index is -0.916. The molecule has 0 bridgehead atoms. The predicted molar refractivity (Wildman–Crippen MR) is 67.2 cm³/mol. The van der Waals surface area contributed by atoms with Gasteiger partial charge in [-0.25, -0.2) is 0 Å². The van der Waals surface area contributed by atoms with Crippen molar-refractivity contribution in [2.75, 3.05) is 13.1 Å². The number of nitrogens with one attached hydrogen (secondary N) is 1. The van der Waals surface area contributed by atoms with Gasteiger partial charge in [0.2, 0.25) is 5.91 Å². The Kier molecular flexibility index (Phi) is 4.22. The molecule has 2 aliphatic rings. The number of hydrogen-bond donors (Lipinski definition) is 2. The first-order chi connectivity index (χ1) is 8.59. The summed E-state index contributed by atoms with van der Waals surface area (Å²) in [6.07, 6.45) is 5.08. The minimum Gasteiger partial charge on any atom is -0.480 e. The highest BCUT2D eigenvalue weighted by Crippen LogP contribution is 2.26. The Hall–Kier alpha value is -1.10. The maximum absolute atomic E-state index is 12.5. The van der Waals surface area contributed by atoms with Gasteiger partial charge in [0, 0.05) is 6.04 Å². The molecule has 1 saturated carbocycles. The normalized spacial score (nSPS) is 28.5. The zero-order valence-electron chi connectivity index (χ0n) is 10.9. The summed E-state index contributed by atoms with van der Waals surface area (Å²) in [4.78, 5) is 25.0. The van der Waals surface area contributed by atoms with Crippen LogP contribution in [0.15, 0.2) is 0 Å². The molecule has 0 aromatic carbocycles. The molecule has 0 aromatic rings. The second-order valence-corrected chi connectivity index (χ2v) is 5.50. The van der Waals surface area contributed by atoms with Gasteiger partial charge in [0.25, 0.3) is 0 Å². The number of carboxylic acids is 1. The molecule has 18 heavy (non-hydrogen) atoms. The van der Waals surface area contributed by atoms with Gasteiger partial charge in [0.15, 0.2) is 0 Å². The number of carbonyl (C=O) groups excluding carboxylic acids is 1. The summed E-state index contributed by atoms with van der Waals surface area (Å²) in [5, 5.41) is 12.2. The summed E-state index contributed by atoms with van der Waals surface area (Å²) in [7, 11) is 0. The van der Waals surface area contributed by atoms with Crippen molar-refractivity contribution in [1.82, 2.24) is 10.2 Å². The van der Waals surface area contributed by atoms with Crippen LogP contribution in [-0.4, -0.2) is 47.1 Å². The lowest BCUT2D eigenvalue weighted by atomic mass is 10.0. The Balaban J connectivity index is 2.06. The number of rotatable bonds is 4. The standard InChI is InChI=1S/C13H22N2O3/c1-9-6-7-14-12(9)13(18)15(8-11(16)17)10-4-2-3-5-10/h9-10,12,14H,2-8H2,1H3,(H,16,17). The van der Waals surface area contributed by atoms with Crippen LogP contribution in [0.5, 0.6) is 0 Å². The van der Waals surface area contributed by atoms with Crippen molar-refractivity contribution in [2.45, 2.75) is 51.1 Å². The van der Waals surface area contributed by atoms with Crippen molar-refractivity contribution in [3.8, 4) is 0 Å². The summed E-state index contributed by atoms with van der Waals surface area (Å²) in [5.41, 5.74) is 0. The Morgan fingerprint density at radius 3 is 2.44 bits per heavy atom. The van der Waals surface area contributed by atoms with Gasteiger partial charge in [-0.05, 0) is 31.7 Å². The number of carbonyl (C=O) groups is 2. The number of hydrogen-bond acceptors (Lipinski definition) is 3. The lowest BCUT2D eigenvalue weighted by Gasteiger charge is -2.31. The molecule has 1 aliphatic carbocycles. The molecule has 2 fully saturated rings. The molecule has 2 atom stereocenters. The SMILES string of the molecule is CC1CCNC1C(=O)N(CC(=O)O)C1CCCC1. The van der Waals surface area contributed by atoms with Crippen LogP contribution in [0.25, 0.3) is 0 Å². The van der Waals surface area contributed by atoms with E-state index >= 15 is 0 Å². The average Bonchev–Trinajstić information content (AvgIpc) is 2.95. The van der Waals surface area contributed by atoms with Crippen molar-refractivity contribution in [2.24, 2.45) is 5.92 Å². The summed E-state index contributed by atoms with van der Waals surface area (Å²) < 4.78 is 0. The first-order valence-electron chi connectivity index (χ1n) is 6.85. The van der Waals surface area contributed by atoms with E-state index in [2.05, 4.69) is 12.2 Å². The number of aliphatic carboxylic acids is 1. The molecule has 1 heterocycles. The minimum absolute atomic E-state index is 0.0192. The van der Waals surface area contributed by atoms with E-state index in [9.17, 15) is 9.59 Å². The summed E-state index contributed by atoms with van der Waals surface area (Å²) in [6, 6.07) is -0.0619. The molecule has 2 N–H and O–H groups in total. The second-order valence-electron chi connectivity index (χ2n) is 5.50. The molecule has 1 saturated heterocycles. The first kappa shape index (κ1) is 13.3. The molecule has 1 aliphatic heterocycles. The van der Waals surface area contributed by atoms with Gasteiger partial charge in [-0.2, -0.15) is 0 Å². The fourth-order valence-corrected chi connectivity index (χ4v) is 3.09. The van der Waals surface area contributed by atoms with Gasteiger partial charge < -0.3 is 15.3 Å². The summed E-state index contributed by atoms with van der Waals surface area (Å²) in [5.74, 6) is -0.634. The van der Waals surface area contributed by atoms with E-state index in [1.807, 2.05) is 0 Å². The van der Waals surface area contributed by atoms with Gasteiger partial charge in [-0.1, -0.05) is 19.8 Å². The predicted octanol–water partition coefficient (Wildman–Crippen LogP) is 0.840. The molecule has 2 unspecified atom stereocenters. The van der Waals surface area contributed by atoms with E-state index in [-0.39, 0.29) is 24.5 Å². The van der Waals surface area contributed by atoms with Crippen LogP contribution < -0.4 is 5.32 Å². The van der Waals surface area contributed by atoms with Crippen LogP contribution in [0.1, 0.15) is 39.0 Å². The molecule has 0 radical (unpaired) electrons. The molecule has 0 spiro atoms. The van der Waals surface area contributed by atoms with E-state index in [0.717, 1.165) is 38.6 Å². The van der Waals surface area contributed by atoms with Gasteiger partial charge in [0.1, 0.15) is 6.54 Å². The number of amides is 1. The molecule has 0 aromatic heterocycles. The molecule has 2 rings (SSSR count). The third kappa shape index (κ3) is 2.83. The van der Waals surface area contributed by atoms with Gasteiger partial charge in [-0.3, -0.25) is 9.59 Å². The summed E-state index contributed by atoms with van der Waals surface area (Å²) >= 11 is 0. The zero-order valence-corrected chi connectivity index (χ0v) is 10.9. The van der Waals surface area contributed by atoms with Gasteiger partial charge in [0.05, 0.1) is 6.04 Å². The Morgan fingerprint density at radius 2 is 1.94 bits per heavy atom. The maximum Gasteiger partial charge on any atom is 0.323 e. The zero-order chi connectivity index (χ0) is 13.1. The lowest BCUT2D eigenvalue weighted by molar-refractivity contribution is -0.147. The number of nitrogens with zero attached hydrogens (tertiary/aromatic N) is 1. The highest BCUT2D eigenvalue weighted by Gasteiger charge is 2.36. The monoisotopic (exact) mass is 254 g/mol. The van der Waals surface area contributed by atoms with Crippen molar-refractivity contribution in [1.29, 1.82) is 0 Å². The van der Waals surface area contributed by atoms with Crippen LogP contribution in [-0.2, 0) is 9.59 Å². The van der Waals surface area contributed by atoms with E-state index < -0.39 is 5.97 Å². The largest absolute Gasteiger partial charge is 0.480 e. The molecular weight excluding hydrogens is 232 g/mol. The topological polar surface area (TPSA) is 69.6 Å². The third-order valence-electron chi connectivity index (χ3n) is 4.15. The second kappa shape index (κ2) is 5.69. The summed E-state index contributed by atoms with van der Waals surface area (Å²) in [6.45, 7) is 2.74. The van der Waals surface area contributed by atoms with Crippen molar-refractivity contribution >= 4 is 11.9 Å². The Morgan fingerprint density at radius 1 is 1.28 bits per heavy atom. The Bertz CT molecular complexity index is 326. The molecule has 5 heteroatoms. The third-order valence-corrected chi connectivity index (χ3v) is 4.15. The van der Waals surface area contributed by atoms with E-state index in [1.54, 1.807) is 4.90 Å². The highest BCUT2D eigenvalue weighted by molar-refractivity contribution is 5.86. The van der Waals surface area contributed by atoms with E-state index in [4.69, 9.17) is 5.11 Å². The van der Waals surface area contributed by atoms with Crippen LogP contribution in [0, 0.1) is 5.92 Å². The Labute approximate surface area is 108 Å². The van der Waals surface area contributed by atoms with Gasteiger partial charge in [-0.15, -0.1) is 0 Å². The average molecular weight is 254 g/mol. The fourth-order valence-electron chi connectivity index (χ4n) is 3.09. The van der Waals surface area contributed by atoms with Crippen LogP contribution in [0.4, 0.5) is 0 Å². The van der Waals surface area contributed by atoms with Gasteiger partial charge >= 0.3 is 5.97 Å². The molecular formula is C13H22N2O3. The highest BCUT2D eigenvalue weighted by atomic mass is 16.4. The smallest absolute Gasteiger partial charge is 0.323 e. The first-order valence-corrected chi connectivity index (χ1v) is 6.85. The van der Waals surface area contributed by atoms with Crippen LogP contribution >= 0.6 is 0 Å². The van der Waals surface area contributed by atoms with Crippen molar-refractivity contribution in [3.63, 3.8) is 0 Å². The van der Waals surface area contributed by atoms with Crippen LogP contribution in [0.3, 0.4) is 0 Å². The van der Waals surface area contributed by atoms with Crippen molar-refractivity contribution < 1.29 is 14.7 Å². The van der Waals surface area contributed by atoms with E-state index in [1.165, 1.54) is 0 Å². The van der Waals surface area contributed by atoms with Crippen molar-refractivity contribution in [3.05, 3.63) is 0 Å². The van der Waals surface area contributed by atoms with Crippen LogP contribution in [0.2, 0.25) is 0 Å².